The van der Waals surface area contributed by atoms with Crippen molar-refractivity contribution in [1.82, 2.24) is 20.1 Å². The molecule has 0 aliphatic heterocycles. The molecule has 2 rings (SSSR count). The zero-order chi connectivity index (χ0) is 14.8. The van der Waals surface area contributed by atoms with Gasteiger partial charge in [0.1, 0.15) is 23.8 Å². The molecule has 0 aliphatic carbocycles. The van der Waals surface area contributed by atoms with E-state index in [0.717, 1.165) is 11.9 Å². The number of halogens is 2. The Labute approximate surface area is 116 Å². The highest BCUT2D eigenvalue weighted by Gasteiger charge is 2.12. The second-order valence-electron chi connectivity index (χ2n) is 5.72. The van der Waals surface area contributed by atoms with E-state index in [1.54, 1.807) is 4.68 Å². The molecule has 6 heteroatoms. The van der Waals surface area contributed by atoms with E-state index >= 15 is 0 Å². The van der Waals surface area contributed by atoms with Crippen molar-refractivity contribution in [2.45, 2.75) is 39.4 Å². The smallest absolute Gasteiger partial charge is 0.141 e. The Hall–Kier alpha value is -1.82. The van der Waals surface area contributed by atoms with Crippen LogP contribution in [0.1, 0.15) is 32.2 Å². The topological polar surface area (TPSA) is 42.7 Å². The van der Waals surface area contributed by atoms with Crippen molar-refractivity contribution in [3.63, 3.8) is 0 Å². The summed E-state index contributed by atoms with van der Waals surface area (Å²) in [5, 5.41) is 7.39. The van der Waals surface area contributed by atoms with Crippen molar-refractivity contribution in [1.29, 1.82) is 0 Å². The maximum Gasteiger partial charge on any atom is 0.141 e. The molecule has 0 radical (unpaired) electrons. The van der Waals surface area contributed by atoms with Crippen molar-refractivity contribution in [2.75, 3.05) is 0 Å². The molecule has 20 heavy (non-hydrogen) atoms. The summed E-state index contributed by atoms with van der Waals surface area (Å²) in [4.78, 5) is 4.16. The van der Waals surface area contributed by atoms with Gasteiger partial charge in [0.05, 0.1) is 13.1 Å². The molecule has 0 unspecified atom stereocenters. The number of nitrogens with one attached hydrogen (secondary N) is 1. The van der Waals surface area contributed by atoms with Gasteiger partial charge < -0.3 is 5.32 Å². The maximum atomic E-state index is 13.2. The van der Waals surface area contributed by atoms with Gasteiger partial charge in [-0.3, -0.25) is 0 Å². The van der Waals surface area contributed by atoms with E-state index in [9.17, 15) is 8.78 Å². The summed E-state index contributed by atoms with van der Waals surface area (Å²) >= 11 is 0. The summed E-state index contributed by atoms with van der Waals surface area (Å²) in [6.45, 7) is 6.98. The van der Waals surface area contributed by atoms with E-state index in [0.29, 0.717) is 12.1 Å². The monoisotopic (exact) mass is 280 g/mol. The Kier molecular flexibility index (Phi) is 4.13. The van der Waals surface area contributed by atoms with Gasteiger partial charge in [0.2, 0.25) is 0 Å². The van der Waals surface area contributed by atoms with Gasteiger partial charge >= 0.3 is 0 Å². The van der Waals surface area contributed by atoms with Gasteiger partial charge in [0.15, 0.2) is 0 Å². The molecule has 0 fully saturated rings. The molecule has 0 aliphatic rings. The summed E-state index contributed by atoms with van der Waals surface area (Å²) in [7, 11) is 0. The summed E-state index contributed by atoms with van der Waals surface area (Å²) in [6, 6.07) is 3.45. The molecule has 1 heterocycles. The first-order valence-corrected chi connectivity index (χ1v) is 6.40. The normalized spacial score (nSPS) is 11.8. The number of hydrogen-bond acceptors (Lipinski definition) is 3. The van der Waals surface area contributed by atoms with Crippen LogP contribution < -0.4 is 5.32 Å². The van der Waals surface area contributed by atoms with E-state index in [2.05, 4.69) is 36.2 Å². The van der Waals surface area contributed by atoms with Gasteiger partial charge in [0.25, 0.3) is 0 Å². The molecule has 1 N–H and O–H groups in total. The molecular formula is C14H18F2N4. The maximum absolute atomic E-state index is 13.2. The minimum absolute atomic E-state index is 0.0399. The number of aromatic nitrogens is 3. The largest absolute Gasteiger partial charge is 0.305 e. The second-order valence-corrected chi connectivity index (χ2v) is 5.72. The standard InChI is InChI=1S/C14H18F2N4/c1-14(2,3)18-7-13-17-9-19-20(13)8-10-4-11(15)6-12(16)5-10/h4-6,9,18H,7-8H2,1-3H3. The zero-order valence-corrected chi connectivity index (χ0v) is 11.8. The Morgan fingerprint density at radius 2 is 1.80 bits per heavy atom. The van der Waals surface area contributed by atoms with Gasteiger partial charge in [0, 0.05) is 11.6 Å². The van der Waals surface area contributed by atoms with E-state index in [-0.39, 0.29) is 12.1 Å². The summed E-state index contributed by atoms with van der Waals surface area (Å²) < 4.78 is 28.0. The van der Waals surface area contributed by atoms with E-state index < -0.39 is 11.6 Å². The lowest BCUT2D eigenvalue weighted by atomic mass is 10.1. The molecule has 0 amide bonds. The second kappa shape index (κ2) is 5.66. The Bertz CT molecular complexity index is 567. The number of rotatable bonds is 4. The number of hydrogen-bond donors (Lipinski definition) is 1. The minimum Gasteiger partial charge on any atom is -0.305 e. The minimum atomic E-state index is -0.588. The van der Waals surface area contributed by atoms with Crippen molar-refractivity contribution in [2.24, 2.45) is 0 Å². The fourth-order valence-electron chi connectivity index (χ4n) is 1.78. The molecule has 108 valence electrons. The van der Waals surface area contributed by atoms with E-state index in [4.69, 9.17) is 0 Å². The van der Waals surface area contributed by atoms with E-state index in [1.807, 2.05) is 0 Å². The molecule has 1 aromatic heterocycles. The summed E-state index contributed by atoms with van der Waals surface area (Å²) in [5.41, 5.74) is 0.479. The van der Waals surface area contributed by atoms with Crippen molar-refractivity contribution in [3.8, 4) is 0 Å². The molecule has 1 aromatic carbocycles. The van der Waals surface area contributed by atoms with Crippen LogP contribution in [0.4, 0.5) is 8.78 Å². The lowest BCUT2D eigenvalue weighted by molar-refractivity contribution is 0.410. The molecule has 4 nitrogen and oxygen atoms in total. The average Bonchev–Trinajstić information content (AvgIpc) is 2.71. The highest BCUT2D eigenvalue weighted by molar-refractivity contribution is 5.18. The SMILES string of the molecule is CC(C)(C)NCc1ncnn1Cc1cc(F)cc(F)c1. The first kappa shape index (κ1) is 14.6. The molecule has 0 saturated carbocycles. The highest BCUT2D eigenvalue weighted by atomic mass is 19.1. The Balaban J connectivity index is 2.12. The molecule has 2 aromatic rings. The lowest BCUT2D eigenvalue weighted by Gasteiger charge is -2.20. The van der Waals surface area contributed by atoms with Crippen LogP contribution in [-0.2, 0) is 13.1 Å². The van der Waals surface area contributed by atoms with Crippen LogP contribution in [0.5, 0.6) is 0 Å². The Morgan fingerprint density at radius 3 is 2.40 bits per heavy atom. The van der Waals surface area contributed by atoms with Gasteiger partial charge in [-0.05, 0) is 38.5 Å². The summed E-state index contributed by atoms with van der Waals surface area (Å²) in [6.07, 6.45) is 1.44. The van der Waals surface area contributed by atoms with Crippen molar-refractivity contribution in [3.05, 3.63) is 47.5 Å². The number of nitrogens with zero attached hydrogens (tertiary/aromatic N) is 3. The molecule has 0 saturated heterocycles. The summed E-state index contributed by atoms with van der Waals surface area (Å²) in [5.74, 6) is -0.450. The quantitative estimate of drug-likeness (QED) is 0.935. The van der Waals surface area contributed by atoms with Crippen LogP contribution in [0, 0.1) is 11.6 Å². The predicted molar refractivity (Wildman–Crippen MR) is 72.1 cm³/mol. The predicted octanol–water partition coefficient (Wildman–Crippen LogP) is 2.49. The van der Waals surface area contributed by atoms with E-state index in [1.165, 1.54) is 18.5 Å². The first-order valence-electron chi connectivity index (χ1n) is 6.40. The molecule has 0 spiro atoms. The third kappa shape index (κ3) is 4.09. The molecule has 0 atom stereocenters. The number of benzene rings is 1. The first-order chi connectivity index (χ1) is 9.33. The van der Waals surface area contributed by atoms with Crippen LogP contribution in [0.15, 0.2) is 24.5 Å². The average molecular weight is 280 g/mol. The fourth-order valence-corrected chi connectivity index (χ4v) is 1.78. The van der Waals surface area contributed by atoms with Crippen LogP contribution in [0.3, 0.4) is 0 Å². The third-order valence-corrected chi connectivity index (χ3v) is 2.73. The zero-order valence-electron chi connectivity index (χ0n) is 11.8. The highest BCUT2D eigenvalue weighted by Crippen LogP contribution is 2.10. The molecular weight excluding hydrogens is 262 g/mol. The third-order valence-electron chi connectivity index (χ3n) is 2.73. The van der Waals surface area contributed by atoms with Crippen LogP contribution in [-0.4, -0.2) is 20.3 Å². The lowest BCUT2D eigenvalue weighted by Crippen LogP contribution is -2.36. The van der Waals surface area contributed by atoms with Crippen LogP contribution >= 0.6 is 0 Å². The van der Waals surface area contributed by atoms with Gasteiger partial charge in [-0.15, -0.1) is 0 Å². The van der Waals surface area contributed by atoms with Gasteiger partial charge in [-0.25, -0.2) is 18.4 Å². The van der Waals surface area contributed by atoms with Crippen molar-refractivity contribution < 1.29 is 8.78 Å². The van der Waals surface area contributed by atoms with Crippen LogP contribution in [0.2, 0.25) is 0 Å². The molecule has 0 bridgehead atoms. The van der Waals surface area contributed by atoms with Crippen molar-refractivity contribution >= 4 is 0 Å². The van der Waals surface area contributed by atoms with Gasteiger partial charge in [-0.2, -0.15) is 5.10 Å². The van der Waals surface area contributed by atoms with Crippen LogP contribution in [0.25, 0.3) is 0 Å². The fraction of sp³-hybridized carbons (Fsp3) is 0.429. The van der Waals surface area contributed by atoms with Gasteiger partial charge in [-0.1, -0.05) is 0 Å². The Morgan fingerprint density at radius 1 is 1.15 bits per heavy atom.